The van der Waals surface area contributed by atoms with Crippen molar-refractivity contribution in [2.45, 2.75) is 65.4 Å². The number of esters is 1. The molecule has 0 spiro atoms. The van der Waals surface area contributed by atoms with Crippen LogP contribution >= 0.6 is 0 Å². The molecule has 2 N–H and O–H groups in total. The van der Waals surface area contributed by atoms with Crippen molar-refractivity contribution in [3.05, 3.63) is 0 Å². The lowest BCUT2D eigenvalue weighted by Gasteiger charge is -2.29. The van der Waals surface area contributed by atoms with Crippen LogP contribution in [0.25, 0.3) is 0 Å². The summed E-state index contributed by atoms with van der Waals surface area (Å²) in [4.78, 5) is 12.0. The molecule has 0 bridgehead atoms. The summed E-state index contributed by atoms with van der Waals surface area (Å²) in [7, 11) is 0. The van der Waals surface area contributed by atoms with E-state index in [1.807, 2.05) is 20.8 Å². The predicted molar refractivity (Wildman–Crippen MR) is 74.1 cm³/mol. The molecule has 0 aromatic rings. The summed E-state index contributed by atoms with van der Waals surface area (Å²) in [6.07, 6.45) is 5.95. The molecule has 1 unspecified atom stereocenters. The zero-order chi connectivity index (χ0) is 13.8. The van der Waals surface area contributed by atoms with Gasteiger partial charge in [-0.15, -0.1) is 0 Å². The zero-order valence-corrected chi connectivity index (χ0v) is 12.4. The van der Waals surface area contributed by atoms with Crippen LogP contribution in [-0.4, -0.2) is 18.1 Å². The summed E-state index contributed by atoms with van der Waals surface area (Å²) >= 11 is 0. The van der Waals surface area contributed by atoms with E-state index in [1.165, 1.54) is 25.7 Å². The first kappa shape index (κ1) is 15.5. The van der Waals surface area contributed by atoms with Crippen LogP contribution in [-0.2, 0) is 9.53 Å². The molecule has 1 saturated carbocycles. The highest BCUT2D eigenvalue weighted by molar-refractivity contribution is 5.73. The Balaban J connectivity index is 2.44. The third kappa shape index (κ3) is 5.38. The average Bonchev–Trinajstić information content (AvgIpc) is 2.25. The van der Waals surface area contributed by atoms with Crippen LogP contribution in [0.5, 0.6) is 0 Å². The number of ether oxygens (including phenoxy) is 1. The Hall–Kier alpha value is -0.570. The van der Waals surface area contributed by atoms with Crippen LogP contribution < -0.4 is 5.73 Å². The van der Waals surface area contributed by atoms with E-state index in [1.54, 1.807) is 0 Å². The first-order valence-corrected chi connectivity index (χ1v) is 7.24. The lowest BCUT2D eigenvalue weighted by atomic mass is 9.78. The Morgan fingerprint density at radius 1 is 1.28 bits per heavy atom. The molecule has 0 heterocycles. The molecule has 0 aromatic heterocycles. The largest absolute Gasteiger partial charge is 0.460 e. The van der Waals surface area contributed by atoms with Crippen molar-refractivity contribution in [2.75, 3.05) is 6.54 Å². The van der Waals surface area contributed by atoms with Gasteiger partial charge in [-0.25, -0.2) is 0 Å². The molecule has 3 nitrogen and oxygen atoms in total. The fourth-order valence-electron chi connectivity index (χ4n) is 2.64. The van der Waals surface area contributed by atoms with Crippen molar-refractivity contribution in [3.8, 4) is 0 Å². The number of nitrogens with two attached hydrogens (primary N) is 1. The summed E-state index contributed by atoms with van der Waals surface area (Å²) in [5.74, 6) is 1.26. The van der Waals surface area contributed by atoms with Gasteiger partial charge in [-0.05, 0) is 39.0 Å². The van der Waals surface area contributed by atoms with E-state index >= 15 is 0 Å². The minimum atomic E-state index is -0.411. The van der Waals surface area contributed by atoms with Crippen molar-refractivity contribution >= 4 is 5.97 Å². The van der Waals surface area contributed by atoms with Gasteiger partial charge < -0.3 is 10.5 Å². The molecule has 1 atom stereocenters. The molecular formula is C15H29NO2. The summed E-state index contributed by atoms with van der Waals surface area (Å²) in [5.41, 5.74) is 5.33. The second kappa shape index (κ2) is 6.55. The van der Waals surface area contributed by atoms with Crippen molar-refractivity contribution in [2.24, 2.45) is 23.5 Å². The maximum atomic E-state index is 12.0. The van der Waals surface area contributed by atoms with E-state index in [4.69, 9.17) is 10.5 Å². The lowest BCUT2D eigenvalue weighted by molar-refractivity contribution is -0.160. The Bertz CT molecular complexity index is 262. The predicted octanol–water partition coefficient (Wildman–Crippen LogP) is 3.12. The van der Waals surface area contributed by atoms with Gasteiger partial charge in [-0.2, -0.15) is 0 Å². The summed E-state index contributed by atoms with van der Waals surface area (Å²) in [6, 6.07) is 0. The van der Waals surface area contributed by atoms with Crippen LogP contribution in [0.15, 0.2) is 0 Å². The molecule has 18 heavy (non-hydrogen) atoms. The van der Waals surface area contributed by atoms with Crippen LogP contribution in [0, 0.1) is 17.8 Å². The molecule has 1 fully saturated rings. The van der Waals surface area contributed by atoms with Crippen LogP contribution in [0.1, 0.15) is 59.8 Å². The summed E-state index contributed by atoms with van der Waals surface area (Å²) in [6.45, 7) is 8.42. The quantitative estimate of drug-likeness (QED) is 0.785. The highest BCUT2D eigenvalue weighted by Crippen LogP contribution is 2.32. The average molecular weight is 255 g/mol. The molecule has 0 aliphatic heterocycles. The summed E-state index contributed by atoms with van der Waals surface area (Å²) in [5, 5.41) is 0. The van der Waals surface area contributed by atoms with E-state index in [-0.39, 0.29) is 11.9 Å². The first-order valence-electron chi connectivity index (χ1n) is 7.24. The Labute approximate surface area is 111 Å². The number of carbonyl (C=O) groups excluding carboxylic acids is 1. The van der Waals surface area contributed by atoms with E-state index in [9.17, 15) is 4.79 Å². The molecule has 3 heteroatoms. The maximum absolute atomic E-state index is 12.0. The minimum Gasteiger partial charge on any atom is -0.460 e. The number of rotatable bonds is 4. The molecule has 0 radical (unpaired) electrons. The van der Waals surface area contributed by atoms with Gasteiger partial charge in [0.1, 0.15) is 5.60 Å². The normalized spacial score (nSPS) is 26.7. The maximum Gasteiger partial charge on any atom is 0.310 e. The number of carbonyl (C=O) groups is 1. The van der Waals surface area contributed by atoms with Crippen molar-refractivity contribution < 1.29 is 9.53 Å². The molecule has 0 aromatic carbocycles. The van der Waals surface area contributed by atoms with Crippen LogP contribution in [0.2, 0.25) is 0 Å². The Morgan fingerprint density at radius 2 is 1.83 bits per heavy atom. The topological polar surface area (TPSA) is 52.3 Å². The van der Waals surface area contributed by atoms with Gasteiger partial charge in [0.15, 0.2) is 0 Å². The Morgan fingerprint density at radius 3 is 2.28 bits per heavy atom. The molecule has 106 valence electrons. The van der Waals surface area contributed by atoms with Crippen molar-refractivity contribution in [3.63, 3.8) is 0 Å². The first-order chi connectivity index (χ1) is 8.31. The Kier molecular flexibility index (Phi) is 5.64. The SMILES string of the molecule is CC1CCC(CC(CN)C(=O)OC(C)(C)C)CC1. The fraction of sp³-hybridized carbons (Fsp3) is 0.933. The van der Waals surface area contributed by atoms with Crippen LogP contribution in [0.4, 0.5) is 0 Å². The third-order valence-electron chi connectivity index (χ3n) is 3.78. The van der Waals surface area contributed by atoms with Gasteiger partial charge in [0.25, 0.3) is 0 Å². The van der Waals surface area contributed by atoms with E-state index in [0.717, 1.165) is 12.3 Å². The smallest absolute Gasteiger partial charge is 0.310 e. The standard InChI is InChI=1S/C15H29NO2/c1-11-5-7-12(8-6-11)9-13(10-16)14(17)18-15(2,3)4/h11-13H,5-10,16H2,1-4H3. The molecule has 1 aliphatic rings. The monoisotopic (exact) mass is 255 g/mol. The number of hydrogen-bond donors (Lipinski definition) is 1. The zero-order valence-electron chi connectivity index (χ0n) is 12.4. The highest BCUT2D eigenvalue weighted by Gasteiger charge is 2.28. The molecule has 0 amide bonds. The van der Waals surface area contributed by atoms with Crippen molar-refractivity contribution in [1.29, 1.82) is 0 Å². The fourth-order valence-corrected chi connectivity index (χ4v) is 2.64. The van der Waals surface area contributed by atoms with Crippen LogP contribution in [0.3, 0.4) is 0 Å². The molecule has 0 saturated heterocycles. The second-order valence-electron chi connectivity index (χ2n) is 6.83. The van der Waals surface area contributed by atoms with Gasteiger partial charge in [0.2, 0.25) is 0 Å². The van der Waals surface area contributed by atoms with E-state index in [0.29, 0.717) is 12.5 Å². The van der Waals surface area contributed by atoms with E-state index < -0.39 is 5.60 Å². The van der Waals surface area contributed by atoms with Gasteiger partial charge in [0.05, 0.1) is 5.92 Å². The van der Waals surface area contributed by atoms with Crippen molar-refractivity contribution in [1.82, 2.24) is 0 Å². The summed E-state index contributed by atoms with van der Waals surface area (Å²) < 4.78 is 5.43. The molecular weight excluding hydrogens is 226 g/mol. The van der Waals surface area contributed by atoms with Gasteiger partial charge in [-0.3, -0.25) is 4.79 Å². The third-order valence-corrected chi connectivity index (χ3v) is 3.78. The van der Waals surface area contributed by atoms with E-state index in [2.05, 4.69) is 6.92 Å². The second-order valence-corrected chi connectivity index (χ2v) is 6.83. The number of hydrogen-bond acceptors (Lipinski definition) is 3. The highest BCUT2D eigenvalue weighted by atomic mass is 16.6. The van der Waals surface area contributed by atoms with Gasteiger partial charge in [0, 0.05) is 6.54 Å². The molecule has 1 rings (SSSR count). The van der Waals surface area contributed by atoms with Gasteiger partial charge in [-0.1, -0.05) is 32.6 Å². The van der Waals surface area contributed by atoms with Gasteiger partial charge >= 0.3 is 5.97 Å². The minimum absolute atomic E-state index is 0.122. The molecule has 1 aliphatic carbocycles. The lowest BCUT2D eigenvalue weighted by Crippen LogP contribution is -2.34.